The second-order valence-electron chi connectivity index (χ2n) is 3.73. The Morgan fingerprint density at radius 1 is 1.43 bits per heavy atom. The molecule has 0 saturated carbocycles. The Bertz CT molecular complexity index is 324. The topological polar surface area (TPSA) is 39.0 Å². The Kier molecular flexibility index (Phi) is 3.95. The highest BCUT2D eigenvalue weighted by atomic mass is 16.1. The molecule has 0 unspecified atom stereocenters. The zero-order valence-corrected chi connectivity index (χ0v) is 9.16. The first-order chi connectivity index (χ1) is 6.66. The maximum Gasteiger partial charge on any atom is 0.328 e. The zero-order valence-electron chi connectivity index (χ0n) is 9.16. The molecule has 1 aromatic rings. The van der Waals surface area contributed by atoms with Crippen LogP contribution >= 0.6 is 0 Å². The standard InChI is InChI=1S/C10H19N3O/c1-9(2)13-8-7-12(10(13)14)6-4-5-11-3/h7-9,11H,4-6H2,1-3H3. The van der Waals surface area contributed by atoms with Crippen LogP contribution in [0.15, 0.2) is 17.2 Å². The van der Waals surface area contributed by atoms with Crippen LogP contribution in [-0.2, 0) is 6.54 Å². The summed E-state index contributed by atoms with van der Waals surface area (Å²) in [7, 11) is 1.92. The van der Waals surface area contributed by atoms with Gasteiger partial charge >= 0.3 is 5.69 Å². The molecule has 4 nitrogen and oxygen atoms in total. The van der Waals surface area contributed by atoms with Gasteiger partial charge < -0.3 is 5.32 Å². The van der Waals surface area contributed by atoms with Crippen molar-refractivity contribution in [2.75, 3.05) is 13.6 Å². The molecule has 0 aliphatic carbocycles. The van der Waals surface area contributed by atoms with E-state index < -0.39 is 0 Å². The quantitative estimate of drug-likeness (QED) is 0.710. The highest BCUT2D eigenvalue weighted by molar-refractivity contribution is 4.83. The molecule has 0 fully saturated rings. The summed E-state index contributed by atoms with van der Waals surface area (Å²) in [6.07, 6.45) is 4.70. The monoisotopic (exact) mass is 197 g/mol. The molecule has 80 valence electrons. The summed E-state index contributed by atoms with van der Waals surface area (Å²) < 4.78 is 3.51. The van der Waals surface area contributed by atoms with Crippen molar-refractivity contribution in [3.63, 3.8) is 0 Å². The van der Waals surface area contributed by atoms with E-state index in [1.54, 1.807) is 9.13 Å². The van der Waals surface area contributed by atoms with Crippen molar-refractivity contribution >= 4 is 0 Å². The third-order valence-corrected chi connectivity index (χ3v) is 2.26. The number of nitrogens with zero attached hydrogens (tertiary/aromatic N) is 2. The first-order valence-electron chi connectivity index (χ1n) is 5.08. The average Bonchev–Trinajstić information content (AvgIpc) is 2.48. The minimum absolute atomic E-state index is 0.0936. The van der Waals surface area contributed by atoms with Gasteiger partial charge in [-0.15, -0.1) is 0 Å². The molecule has 0 aliphatic heterocycles. The van der Waals surface area contributed by atoms with Gasteiger partial charge in [-0.2, -0.15) is 0 Å². The van der Waals surface area contributed by atoms with Crippen molar-refractivity contribution in [3.05, 3.63) is 22.9 Å². The van der Waals surface area contributed by atoms with Gasteiger partial charge in [-0.1, -0.05) is 0 Å². The minimum atomic E-state index is 0.0936. The van der Waals surface area contributed by atoms with Gasteiger partial charge in [0.05, 0.1) is 0 Å². The van der Waals surface area contributed by atoms with Crippen molar-refractivity contribution in [1.82, 2.24) is 14.5 Å². The van der Waals surface area contributed by atoms with Crippen LogP contribution in [0.3, 0.4) is 0 Å². The van der Waals surface area contributed by atoms with Crippen LogP contribution in [0.25, 0.3) is 0 Å². The van der Waals surface area contributed by atoms with Crippen molar-refractivity contribution in [1.29, 1.82) is 0 Å². The summed E-state index contributed by atoms with van der Waals surface area (Å²) in [5, 5.41) is 3.06. The summed E-state index contributed by atoms with van der Waals surface area (Å²) in [6.45, 7) is 5.76. The molecule has 1 N–H and O–H groups in total. The van der Waals surface area contributed by atoms with Gasteiger partial charge in [-0.25, -0.2) is 4.79 Å². The molecule has 0 saturated heterocycles. The Morgan fingerprint density at radius 2 is 2.14 bits per heavy atom. The van der Waals surface area contributed by atoms with E-state index in [1.165, 1.54) is 0 Å². The fourth-order valence-electron chi connectivity index (χ4n) is 1.42. The fourth-order valence-corrected chi connectivity index (χ4v) is 1.42. The van der Waals surface area contributed by atoms with Crippen LogP contribution in [0.2, 0.25) is 0 Å². The summed E-state index contributed by atoms with van der Waals surface area (Å²) in [6, 6.07) is 0.244. The fraction of sp³-hybridized carbons (Fsp3) is 0.700. The number of aromatic nitrogens is 2. The summed E-state index contributed by atoms with van der Waals surface area (Å²) in [4.78, 5) is 11.7. The van der Waals surface area contributed by atoms with Gasteiger partial charge in [-0.05, 0) is 33.9 Å². The van der Waals surface area contributed by atoms with Gasteiger partial charge in [0, 0.05) is 25.0 Å². The number of hydrogen-bond donors (Lipinski definition) is 1. The van der Waals surface area contributed by atoms with Gasteiger partial charge in [0.2, 0.25) is 0 Å². The van der Waals surface area contributed by atoms with Gasteiger partial charge in [0.25, 0.3) is 0 Å². The third-order valence-electron chi connectivity index (χ3n) is 2.26. The number of aryl methyl sites for hydroxylation is 1. The Balaban J connectivity index is 2.65. The van der Waals surface area contributed by atoms with Crippen LogP contribution in [0, 0.1) is 0 Å². The SMILES string of the molecule is CNCCCn1ccn(C(C)C)c1=O. The van der Waals surface area contributed by atoms with E-state index in [0.29, 0.717) is 0 Å². The summed E-state index contributed by atoms with van der Waals surface area (Å²) >= 11 is 0. The maximum absolute atomic E-state index is 11.7. The Hall–Kier alpha value is -1.03. The van der Waals surface area contributed by atoms with Crippen LogP contribution in [0.5, 0.6) is 0 Å². The number of hydrogen-bond acceptors (Lipinski definition) is 2. The third kappa shape index (κ3) is 2.48. The van der Waals surface area contributed by atoms with Crippen LogP contribution in [0.1, 0.15) is 26.3 Å². The van der Waals surface area contributed by atoms with Crippen molar-refractivity contribution < 1.29 is 0 Å². The minimum Gasteiger partial charge on any atom is -0.320 e. The summed E-state index contributed by atoms with van der Waals surface area (Å²) in [5.41, 5.74) is 0.0936. The molecular weight excluding hydrogens is 178 g/mol. The van der Waals surface area contributed by atoms with E-state index in [1.807, 2.05) is 33.3 Å². The molecule has 1 rings (SSSR count). The van der Waals surface area contributed by atoms with E-state index in [9.17, 15) is 4.79 Å². The normalized spacial score (nSPS) is 11.1. The molecule has 1 heterocycles. The lowest BCUT2D eigenvalue weighted by atomic mass is 10.4. The second-order valence-corrected chi connectivity index (χ2v) is 3.73. The summed E-state index contributed by atoms with van der Waals surface area (Å²) in [5.74, 6) is 0. The molecule has 1 aromatic heterocycles. The molecule has 4 heteroatoms. The molecule has 0 aromatic carbocycles. The average molecular weight is 197 g/mol. The first-order valence-corrected chi connectivity index (χ1v) is 5.08. The molecule has 0 spiro atoms. The lowest BCUT2D eigenvalue weighted by Gasteiger charge is -2.04. The number of nitrogens with one attached hydrogen (secondary N) is 1. The van der Waals surface area contributed by atoms with E-state index in [2.05, 4.69) is 5.32 Å². The smallest absolute Gasteiger partial charge is 0.320 e. The number of rotatable bonds is 5. The lowest BCUT2D eigenvalue weighted by Crippen LogP contribution is -2.26. The van der Waals surface area contributed by atoms with Crippen molar-refractivity contribution in [3.8, 4) is 0 Å². The zero-order chi connectivity index (χ0) is 10.6. The van der Waals surface area contributed by atoms with Gasteiger partial charge in [0.15, 0.2) is 0 Å². The lowest BCUT2D eigenvalue weighted by molar-refractivity contribution is 0.537. The molecule has 0 aliphatic rings. The van der Waals surface area contributed by atoms with Crippen molar-refractivity contribution in [2.24, 2.45) is 0 Å². The Labute approximate surface area is 84.5 Å². The molecule has 0 amide bonds. The van der Waals surface area contributed by atoms with Crippen LogP contribution < -0.4 is 11.0 Å². The molecule has 0 atom stereocenters. The second kappa shape index (κ2) is 5.00. The maximum atomic E-state index is 11.7. The molecule has 0 radical (unpaired) electrons. The number of imidazole rings is 1. The van der Waals surface area contributed by atoms with Gasteiger partial charge in [-0.3, -0.25) is 9.13 Å². The van der Waals surface area contributed by atoms with Gasteiger partial charge in [0.1, 0.15) is 0 Å². The molecule has 0 bridgehead atoms. The van der Waals surface area contributed by atoms with E-state index >= 15 is 0 Å². The molecular formula is C10H19N3O. The van der Waals surface area contributed by atoms with E-state index in [0.717, 1.165) is 19.5 Å². The first kappa shape index (κ1) is 11.0. The highest BCUT2D eigenvalue weighted by Crippen LogP contribution is 1.99. The largest absolute Gasteiger partial charge is 0.328 e. The van der Waals surface area contributed by atoms with Crippen LogP contribution in [0.4, 0.5) is 0 Å². The molecule has 14 heavy (non-hydrogen) atoms. The highest BCUT2D eigenvalue weighted by Gasteiger charge is 2.04. The predicted octanol–water partition coefficient (Wildman–Crippen LogP) is 0.840. The Morgan fingerprint density at radius 3 is 2.64 bits per heavy atom. The van der Waals surface area contributed by atoms with E-state index in [-0.39, 0.29) is 11.7 Å². The van der Waals surface area contributed by atoms with Crippen LogP contribution in [-0.4, -0.2) is 22.7 Å². The van der Waals surface area contributed by atoms with E-state index in [4.69, 9.17) is 0 Å². The predicted molar refractivity (Wildman–Crippen MR) is 57.6 cm³/mol. The van der Waals surface area contributed by atoms with Crippen molar-refractivity contribution in [2.45, 2.75) is 32.9 Å².